The molecule has 0 aromatic heterocycles. The monoisotopic (exact) mass is 217 g/mol. The molecule has 0 radical (unpaired) electrons. The molecule has 1 aliphatic rings. The second kappa shape index (κ2) is 4.66. The summed E-state index contributed by atoms with van der Waals surface area (Å²) >= 11 is 0. The van der Waals surface area contributed by atoms with Crippen molar-refractivity contribution >= 4 is 18.1 Å². The fourth-order valence-corrected chi connectivity index (χ4v) is 2.34. The van der Waals surface area contributed by atoms with Gasteiger partial charge in [0.1, 0.15) is 0 Å². The van der Waals surface area contributed by atoms with E-state index < -0.39 is 0 Å². The molecular weight excluding hydrogens is 198 g/mol. The topological polar surface area (TPSA) is 27.6 Å². The molecule has 2 unspecified atom stereocenters. The summed E-state index contributed by atoms with van der Waals surface area (Å²) in [6.07, 6.45) is 1.60. The molecule has 0 saturated carbocycles. The molecule has 1 fully saturated rings. The van der Waals surface area contributed by atoms with Crippen LogP contribution >= 0.6 is 0 Å². The van der Waals surface area contributed by atoms with Crippen LogP contribution in [0.4, 0.5) is 11.4 Å². The van der Waals surface area contributed by atoms with Gasteiger partial charge in [0.2, 0.25) is 0 Å². The zero-order valence-corrected chi connectivity index (χ0v) is 9.98. The van der Waals surface area contributed by atoms with Gasteiger partial charge in [-0.15, -0.1) is 0 Å². The minimum Gasteiger partial charge on any atom is -0.368 e. The summed E-state index contributed by atoms with van der Waals surface area (Å²) in [7, 11) is 2.16. The van der Waals surface area contributed by atoms with E-state index in [1.807, 2.05) is 18.2 Å². The fourth-order valence-electron chi connectivity index (χ4n) is 2.34. The standard InChI is InChI=1S/C13H19N3/c1-10-8-13(16(3)9-10)15-12-7-5-4-6-11(12)14-2/h4-7,10,13,15H,2,8-9H2,1,3H3. The highest BCUT2D eigenvalue weighted by Crippen LogP contribution is 2.28. The lowest BCUT2D eigenvalue weighted by Crippen LogP contribution is -2.32. The van der Waals surface area contributed by atoms with Crippen LogP contribution in [-0.2, 0) is 0 Å². The Morgan fingerprint density at radius 1 is 1.44 bits per heavy atom. The van der Waals surface area contributed by atoms with Crippen LogP contribution < -0.4 is 5.32 Å². The largest absolute Gasteiger partial charge is 0.368 e. The smallest absolute Gasteiger partial charge is 0.0854 e. The van der Waals surface area contributed by atoms with E-state index in [4.69, 9.17) is 0 Å². The van der Waals surface area contributed by atoms with E-state index in [9.17, 15) is 0 Å². The van der Waals surface area contributed by atoms with Crippen LogP contribution in [0.3, 0.4) is 0 Å². The van der Waals surface area contributed by atoms with E-state index in [1.54, 1.807) is 0 Å². The van der Waals surface area contributed by atoms with Gasteiger partial charge in [-0.25, -0.2) is 0 Å². The van der Waals surface area contributed by atoms with Crippen molar-refractivity contribution in [2.45, 2.75) is 19.5 Å². The Morgan fingerprint density at radius 3 is 2.81 bits per heavy atom. The number of benzene rings is 1. The average Bonchev–Trinajstić information content (AvgIpc) is 2.58. The maximum atomic E-state index is 4.03. The maximum absolute atomic E-state index is 4.03. The molecule has 3 heteroatoms. The molecule has 16 heavy (non-hydrogen) atoms. The van der Waals surface area contributed by atoms with Crippen molar-refractivity contribution < 1.29 is 0 Å². The van der Waals surface area contributed by atoms with Crippen molar-refractivity contribution in [3.05, 3.63) is 24.3 Å². The lowest BCUT2D eigenvalue weighted by Gasteiger charge is -2.22. The van der Waals surface area contributed by atoms with Crippen LogP contribution in [0.5, 0.6) is 0 Å². The molecule has 0 aliphatic carbocycles. The summed E-state index contributed by atoms with van der Waals surface area (Å²) < 4.78 is 0. The summed E-state index contributed by atoms with van der Waals surface area (Å²) in [5.74, 6) is 0.756. The first-order valence-electron chi connectivity index (χ1n) is 5.73. The molecule has 86 valence electrons. The average molecular weight is 217 g/mol. The van der Waals surface area contributed by atoms with Gasteiger partial charge in [-0.3, -0.25) is 9.89 Å². The first-order valence-corrected chi connectivity index (χ1v) is 5.73. The Kier molecular flexibility index (Phi) is 3.25. The van der Waals surface area contributed by atoms with Crippen LogP contribution in [-0.4, -0.2) is 31.4 Å². The van der Waals surface area contributed by atoms with Crippen LogP contribution in [0.15, 0.2) is 29.3 Å². The van der Waals surface area contributed by atoms with Crippen molar-refractivity contribution in [2.75, 3.05) is 18.9 Å². The number of anilines is 1. The first-order chi connectivity index (χ1) is 7.70. The SMILES string of the molecule is C=Nc1ccccc1NC1CC(C)CN1C. The third kappa shape index (κ3) is 2.25. The van der Waals surface area contributed by atoms with Crippen LogP contribution in [0.2, 0.25) is 0 Å². The number of aliphatic imine (C=N–C) groups is 1. The molecule has 3 nitrogen and oxygen atoms in total. The van der Waals surface area contributed by atoms with Gasteiger partial charge in [0.25, 0.3) is 0 Å². The van der Waals surface area contributed by atoms with Gasteiger partial charge >= 0.3 is 0 Å². The summed E-state index contributed by atoms with van der Waals surface area (Å²) in [6.45, 7) is 7.04. The van der Waals surface area contributed by atoms with Gasteiger partial charge in [-0.05, 0) is 38.2 Å². The molecule has 0 amide bonds. The van der Waals surface area contributed by atoms with Gasteiger partial charge in [-0.2, -0.15) is 0 Å². The number of hydrogen-bond acceptors (Lipinski definition) is 3. The molecule has 0 spiro atoms. The van der Waals surface area contributed by atoms with E-state index in [2.05, 4.69) is 42.0 Å². The molecule has 1 aromatic carbocycles. The Bertz CT molecular complexity index is 375. The Morgan fingerprint density at radius 2 is 2.19 bits per heavy atom. The van der Waals surface area contributed by atoms with E-state index in [-0.39, 0.29) is 0 Å². The quantitative estimate of drug-likeness (QED) is 0.788. The lowest BCUT2D eigenvalue weighted by molar-refractivity contribution is 0.334. The van der Waals surface area contributed by atoms with Gasteiger partial charge in [0.15, 0.2) is 0 Å². The second-order valence-corrected chi connectivity index (χ2v) is 4.62. The van der Waals surface area contributed by atoms with Crippen LogP contribution in [0.1, 0.15) is 13.3 Å². The van der Waals surface area contributed by atoms with Gasteiger partial charge in [0.05, 0.1) is 17.5 Å². The molecule has 1 N–H and O–H groups in total. The van der Waals surface area contributed by atoms with E-state index in [1.165, 1.54) is 6.42 Å². The van der Waals surface area contributed by atoms with Crippen molar-refractivity contribution in [1.29, 1.82) is 0 Å². The number of nitrogens with zero attached hydrogens (tertiary/aromatic N) is 2. The van der Waals surface area contributed by atoms with Crippen LogP contribution in [0, 0.1) is 5.92 Å². The summed E-state index contributed by atoms with van der Waals surface area (Å²) in [5, 5.41) is 3.53. The predicted molar refractivity (Wildman–Crippen MR) is 69.5 cm³/mol. The molecule has 1 heterocycles. The zero-order valence-electron chi connectivity index (χ0n) is 9.98. The number of hydrogen-bond donors (Lipinski definition) is 1. The normalized spacial score (nSPS) is 25.6. The van der Waals surface area contributed by atoms with Crippen molar-refractivity contribution in [3.63, 3.8) is 0 Å². The second-order valence-electron chi connectivity index (χ2n) is 4.62. The minimum absolute atomic E-state index is 0.415. The zero-order chi connectivity index (χ0) is 11.5. The summed E-state index contributed by atoms with van der Waals surface area (Å²) in [4.78, 5) is 6.38. The third-order valence-corrected chi connectivity index (χ3v) is 3.15. The van der Waals surface area contributed by atoms with Crippen molar-refractivity contribution in [2.24, 2.45) is 10.9 Å². The van der Waals surface area contributed by atoms with Gasteiger partial charge in [0, 0.05) is 6.54 Å². The molecule has 2 rings (SSSR count). The molecule has 1 aromatic rings. The highest BCUT2D eigenvalue weighted by molar-refractivity contribution is 5.67. The molecular formula is C13H19N3. The lowest BCUT2D eigenvalue weighted by atomic mass is 10.1. The van der Waals surface area contributed by atoms with Crippen molar-refractivity contribution in [1.82, 2.24) is 4.90 Å². The van der Waals surface area contributed by atoms with E-state index >= 15 is 0 Å². The number of para-hydroxylation sites is 2. The predicted octanol–water partition coefficient (Wildman–Crippen LogP) is 2.73. The first kappa shape index (κ1) is 11.1. The highest BCUT2D eigenvalue weighted by atomic mass is 15.3. The summed E-state index contributed by atoms with van der Waals surface area (Å²) in [5.41, 5.74) is 2.00. The molecule has 0 bridgehead atoms. The Hall–Kier alpha value is -1.35. The summed E-state index contributed by atoms with van der Waals surface area (Å²) in [6, 6.07) is 8.04. The maximum Gasteiger partial charge on any atom is 0.0854 e. The Balaban J connectivity index is 2.11. The number of nitrogens with one attached hydrogen (secondary N) is 1. The highest BCUT2D eigenvalue weighted by Gasteiger charge is 2.26. The Labute approximate surface area is 97.2 Å². The van der Waals surface area contributed by atoms with Gasteiger partial charge in [-0.1, -0.05) is 19.1 Å². The molecule has 1 aliphatic heterocycles. The van der Waals surface area contributed by atoms with Gasteiger partial charge < -0.3 is 5.32 Å². The van der Waals surface area contributed by atoms with Crippen molar-refractivity contribution in [3.8, 4) is 0 Å². The number of rotatable bonds is 3. The third-order valence-electron chi connectivity index (χ3n) is 3.15. The fraction of sp³-hybridized carbons (Fsp3) is 0.462. The van der Waals surface area contributed by atoms with Crippen LogP contribution in [0.25, 0.3) is 0 Å². The van der Waals surface area contributed by atoms with E-state index in [0.717, 1.165) is 23.8 Å². The number of likely N-dealkylation sites (tertiary alicyclic amines) is 1. The minimum atomic E-state index is 0.415. The molecule has 2 atom stereocenters. The van der Waals surface area contributed by atoms with E-state index in [0.29, 0.717) is 6.17 Å². The molecule has 1 saturated heterocycles.